The van der Waals surface area contributed by atoms with E-state index in [4.69, 9.17) is 0 Å². The van der Waals surface area contributed by atoms with Crippen molar-refractivity contribution in [1.29, 1.82) is 0 Å². The standard InChI is InChI=1S/C16H20N4O2S/c21-15-12-4-1-2-5-13(12)18-14(19-15)16(22)17-6-3-7-20-8-10-23-11-9-20/h1-2,4-5H,3,6-11H2,(H,17,22)(H,18,19,21). The molecule has 1 fully saturated rings. The SMILES string of the molecule is O=C(NCCCN1CCSCC1)c1nc2ccccc2c(=O)[nH]1. The van der Waals surface area contributed by atoms with Crippen molar-refractivity contribution in [3.05, 3.63) is 40.4 Å². The van der Waals surface area contributed by atoms with Gasteiger partial charge < -0.3 is 15.2 Å². The number of nitrogens with one attached hydrogen (secondary N) is 2. The second kappa shape index (κ2) is 7.61. The third kappa shape index (κ3) is 4.11. The number of carbonyl (C=O) groups is 1. The zero-order valence-corrected chi connectivity index (χ0v) is 13.7. The molecule has 1 aromatic carbocycles. The lowest BCUT2D eigenvalue weighted by atomic mass is 10.2. The highest BCUT2D eigenvalue weighted by atomic mass is 32.2. The number of thioether (sulfide) groups is 1. The molecule has 0 saturated carbocycles. The van der Waals surface area contributed by atoms with Gasteiger partial charge in [-0.3, -0.25) is 9.59 Å². The van der Waals surface area contributed by atoms with E-state index in [1.54, 1.807) is 24.3 Å². The molecule has 7 heteroatoms. The number of fused-ring (bicyclic) bond motifs is 1. The largest absolute Gasteiger partial charge is 0.349 e. The van der Waals surface area contributed by atoms with Crippen LogP contribution in [0.15, 0.2) is 29.1 Å². The van der Waals surface area contributed by atoms with Gasteiger partial charge in [-0.25, -0.2) is 4.98 Å². The van der Waals surface area contributed by atoms with Gasteiger partial charge in [0.25, 0.3) is 11.5 Å². The molecule has 0 aliphatic carbocycles. The summed E-state index contributed by atoms with van der Waals surface area (Å²) < 4.78 is 0. The number of amides is 1. The van der Waals surface area contributed by atoms with Crippen LogP contribution in [0, 0.1) is 0 Å². The smallest absolute Gasteiger partial charge is 0.287 e. The fraction of sp³-hybridized carbons (Fsp3) is 0.438. The molecule has 2 aromatic rings. The van der Waals surface area contributed by atoms with Gasteiger partial charge in [-0.15, -0.1) is 0 Å². The number of benzene rings is 1. The van der Waals surface area contributed by atoms with Gasteiger partial charge in [0.1, 0.15) is 0 Å². The maximum atomic E-state index is 12.1. The summed E-state index contributed by atoms with van der Waals surface area (Å²) in [5.74, 6) is 2.12. The molecule has 1 aromatic heterocycles. The molecule has 0 unspecified atom stereocenters. The van der Waals surface area contributed by atoms with Crippen LogP contribution in [0.25, 0.3) is 10.9 Å². The van der Waals surface area contributed by atoms with Crippen LogP contribution in [0.2, 0.25) is 0 Å². The Morgan fingerprint density at radius 1 is 1.30 bits per heavy atom. The molecular weight excluding hydrogens is 312 g/mol. The molecule has 0 radical (unpaired) electrons. The fourth-order valence-electron chi connectivity index (χ4n) is 2.61. The molecule has 1 saturated heterocycles. The van der Waals surface area contributed by atoms with Crippen LogP contribution in [0.3, 0.4) is 0 Å². The number of carbonyl (C=O) groups excluding carboxylic acids is 1. The molecule has 1 amide bonds. The van der Waals surface area contributed by atoms with Gasteiger partial charge in [0.2, 0.25) is 0 Å². The van der Waals surface area contributed by atoms with E-state index >= 15 is 0 Å². The third-order valence-electron chi connectivity index (χ3n) is 3.87. The van der Waals surface area contributed by atoms with E-state index in [9.17, 15) is 9.59 Å². The second-order valence-corrected chi connectivity index (χ2v) is 6.72. The van der Waals surface area contributed by atoms with Crippen molar-refractivity contribution in [3.8, 4) is 0 Å². The van der Waals surface area contributed by atoms with E-state index in [2.05, 4.69) is 20.2 Å². The summed E-state index contributed by atoms with van der Waals surface area (Å²) in [5.41, 5.74) is 0.249. The maximum absolute atomic E-state index is 12.1. The predicted molar refractivity (Wildman–Crippen MR) is 93.1 cm³/mol. The highest BCUT2D eigenvalue weighted by molar-refractivity contribution is 7.99. The summed E-state index contributed by atoms with van der Waals surface area (Å²) >= 11 is 1.99. The average Bonchev–Trinajstić information content (AvgIpc) is 2.59. The number of hydrogen-bond donors (Lipinski definition) is 2. The molecule has 2 N–H and O–H groups in total. The number of para-hydroxylation sites is 1. The zero-order valence-electron chi connectivity index (χ0n) is 12.9. The van der Waals surface area contributed by atoms with E-state index in [1.165, 1.54) is 11.5 Å². The van der Waals surface area contributed by atoms with E-state index < -0.39 is 0 Å². The van der Waals surface area contributed by atoms with Crippen LogP contribution in [0.5, 0.6) is 0 Å². The van der Waals surface area contributed by atoms with Crippen molar-refractivity contribution in [2.45, 2.75) is 6.42 Å². The Hall–Kier alpha value is -1.86. The summed E-state index contributed by atoms with van der Waals surface area (Å²) in [6, 6.07) is 7.00. The molecule has 2 heterocycles. The van der Waals surface area contributed by atoms with Crippen LogP contribution in [-0.2, 0) is 0 Å². The molecule has 0 bridgehead atoms. The van der Waals surface area contributed by atoms with Crippen LogP contribution in [0.1, 0.15) is 17.0 Å². The van der Waals surface area contributed by atoms with Crippen LogP contribution in [-0.4, -0.2) is 58.5 Å². The minimum Gasteiger partial charge on any atom is -0.349 e. The number of aromatic nitrogens is 2. The zero-order chi connectivity index (χ0) is 16.1. The average molecular weight is 332 g/mol. The summed E-state index contributed by atoms with van der Waals surface area (Å²) in [6.07, 6.45) is 0.897. The first-order chi connectivity index (χ1) is 11.2. The number of hydrogen-bond acceptors (Lipinski definition) is 5. The first-order valence-electron chi connectivity index (χ1n) is 7.81. The minimum atomic E-state index is -0.331. The van der Waals surface area contributed by atoms with Crippen LogP contribution in [0.4, 0.5) is 0 Å². The van der Waals surface area contributed by atoms with Gasteiger partial charge in [0, 0.05) is 31.1 Å². The summed E-state index contributed by atoms with van der Waals surface area (Å²) in [6.45, 7) is 3.82. The van der Waals surface area contributed by atoms with Gasteiger partial charge in [0.15, 0.2) is 5.82 Å². The van der Waals surface area contributed by atoms with Gasteiger partial charge >= 0.3 is 0 Å². The van der Waals surface area contributed by atoms with Crippen molar-refractivity contribution in [2.75, 3.05) is 37.7 Å². The van der Waals surface area contributed by atoms with Crippen LogP contribution < -0.4 is 10.9 Å². The van der Waals surface area contributed by atoms with E-state index in [0.717, 1.165) is 26.1 Å². The molecule has 23 heavy (non-hydrogen) atoms. The van der Waals surface area contributed by atoms with Crippen molar-refractivity contribution in [1.82, 2.24) is 20.2 Å². The van der Waals surface area contributed by atoms with Gasteiger partial charge in [0.05, 0.1) is 10.9 Å². The normalized spacial score (nSPS) is 15.7. The number of H-pyrrole nitrogens is 1. The predicted octanol–water partition coefficient (Wildman–Crippen LogP) is 1.09. The van der Waals surface area contributed by atoms with Crippen molar-refractivity contribution >= 4 is 28.6 Å². The molecule has 0 atom stereocenters. The Bertz CT molecular complexity index is 740. The van der Waals surface area contributed by atoms with Crippen LogP contribution >= 0.6 is 11.8 Å². The number of aromatic amines is 1. The highest BCUT2D eigenvalue weighted by Crippen LogP contribution is 2.09. The Labute approximate surface area is 138 Å². The molecule has 0 spiro atoms. The Kier molecular flexibility index (Phi) is 5.30. The lowest BCUT2D eigenvalue weighted by Crippen LogP contribution is -2.35. The third-order valence-corrected chi connectivity index (χ3v) is 4.81. The maximum Gasteiger partial charge on any atom is 0.287 e. The van der Waals surface area contributed by atoms with Gasteiger partial charge in [-0.2, -0.15) is 11.8 Å². The monoisotopic (exact) mass is 332 g/mol. The van der Waals surface area contributed by atoms with E-state index in [1.807, 2.05) is 11.8 Å². The molecule has 6 nitrogen and oxygen atoms in total. The van der Waals surface area contributed by atoms with E-state index in [-0.39, 0.29) is 17.3 Å². The van der Waals surface area contributed by atoms with E-state index in [0.29, 0.717) is 17.4 Å². The lowest BCUT2D eigenvalue weighted by molar-refractivity contribution is 0.0941. The van der Waals surface area contributed by atoms with Gasteiger partial charge in [-0.05, 0) is 25.1 Å². The Morgan fingerprint density at radius 3 is 2.91 bits per heavy atom. The molecule has 1 aliphatic rings. The number of rotatable bonds is 5. The van der Waals surface area contributed by atoms with Gasteiger partial charge in [-0.1, -0.05) is 12.1 Å². The Balaban J connectivity index is 1.55. The van der Waals surface area contributed by atoms with Crippen molar-refractivity contribution in [2.24, 2.45) is 0 Å². The quantitative estimate of drug-likeness (QED) is 0.802. The first-order valence-corrected chi connectivity index (χ1v) is 8.97. The topological polar surface area (TPSA) is 78.1 Å². The summed E-state index contributed by atoms with van der Waals surface area (Å²) in [4.78, 5) is 33.3. The molecule has 122 valence electrons. The van der Waals surface area contributed by atoms with Crippen molar-refractivity contribution in [3.63, 3.8) is 0 Å². The second-order valence-electron chi connectivity index (χ2n) is 5.50. The minimum absolute atomic E-state index is 0.0723. The van der Waals surface area contributed by atoms with Crippen molar-refractivity contribution < 1.29 is 4.79 Å². The molecule has 1 aliphatic heterocycles. The fourth-order valence-corrected chi connectivity index (χ4v) is 3.59. The number of nitrogens with zero attached hydrogens (tertiary/aromatic N) is 2. The summed E-state index contributed by atoms with van der Waals surface area (Å²) in [7, 11) is 0. The first kappa shape index (κ1) is 16.0. The molecular formula is C16H20N4O2S. The Morgan fingerprint density at radius 2 is 2.09 bits per heavy atom. The molecule has 3 rings (SSSR count). The lowest BCUT2D eigenvalue weighted by Gasteiger charge is -2.25. The summed E-state index contributed by atoms with van der Waals surface area (Å²) in [5, 5.41) is 3.32. The highest BCUT2D eigenvalue weighted by Gasteiger charge is 2.12.